The molecule has 1 aromatic carbocycles. The van der Waals surface area contributed by atoms with E-state index in [-0.39, 0.29) is 22.6 Å². The summed E-state index contributed by atoms with van der Waals surface area (Å²) in [5.41, 5.74) is 1.90. The summed E-state index contributed by atoms with van der Waals surface area (Å²) in [6.45, 7) is 6.91. The molecule has 0 radical (unpaired) electrons. The first-order valence-electron chi connectivity index (χ1n) is 10.6. The summed E-state index contributed by atoms with van der Waals surface area (Å²) in [5, 5.41) is 4.76. The van der Waals surface area contributed by atoms with Gasteiger partial charge in [-0.1, -0.05) is 62.2 Å². The average molecular weight is 511 g/mol. The van der Waals surface area contributed by atoms with Crippen molar-refractivity contribution in [1.29, 1.82) is 0 Å². The van der Waals surface area contributed by atoms with Gasteiger partial charge in [-0.05, 0) is 54.4 Å². The maximum atomic E-state index is 12.8. The molecular formula is C23H25Cl2N3O2S2. The molecule has 0 unspecified atom stereocenters. The van der Waals surface area contributed by atoms with Crippen LogP contribution in [0.2, 0.25) is 10.0 Å². The Balaban J connectivity index is 1.48. The Hall–Kier alpha value is -1.54. The van der Waals surface area contributed by atoms with Crippen molar-refractivity contribution in [3.05, 3.63) is 49.0 Å². The number of carbonyl (C=O) groups excluding carboxylic acids is 1. The summed E-state index contributed by atoms with van der Waals surface area (Å²) in [6, 6.07) is 4.92. The molecule has 0 aliphatic heterocycles. The number of aryl methyl sites for hydroxylation is 1. The van der Waals surface area contributed by atoms with E-state index in [2.05, 4.69) is 36.1 Å². The second-order valence-corrected chi connectivity index (χ2v) is 11.7. The number of carbonyl (C=O) groups is 1. The van der Waals surface area contributed by atoms with E-state index in [0.717, 1.165) is 41.5 Å². The predicted octanol–water partition coefficient (Wildman–Crippen LogP) is 6.56. The number of anilines is 1. The van der Waals surface area contributed by atoms with E-state index < -0.39 is 0 Å². The zero-order valence-corrected chi connectivity index (χ0v) is 21.3. The van der Waals surface area contributed by atoms with Crippen molar-refractivity contribution in [1.82, 2.24) is 9.97 Å². The van der Waals surface area contributed by atoms with Crippen LogP contribution in [0.5, 0.6) is 0 Å². The minimum Gasteiger partial charge on any atom is -0.325 e. The van der Waals surface area contributed by atoms with Crippen molar-refractivity contribution in [2.75, 3.05) is 11.1 Å². The maximum absolute atomic E-state index is 12.8. The van der Waals surface area contributed by atoms with Gasteiger partial charge in [-0.2, -0.15) is 0 Å². The number of thiophene rings is 1. The van der Waals surface area contributed by atoms with Crippen LogP contribution in [0.15, 0.2) is 28.2 Å². The summed E-state index contributed by atoms with van der Waals surface area (Å²) in [7, 11) is 0. The first kappa shape index (κ1) is 23.6. The Morgan fingerprint density at radius 1 is 1.34 bits per heavy atom. The van der Waals surface area contributed by atoms with Crippen molar-refractivity contribution in [3.63, 3.8) is 0 Å². The molecule has 2 heterocycles. The number of hydrogen-bond donors (Lipinski definition) is 2. The van der Waals surface area contributed by atoms with E-state index in [9.17, 15) is 9.59 Å². The molecule has 0 bridgehead atoms. The minimum atomic E-state index is -0.216. The molecule has 32 heavy (non-hydrogen) atoms. The lowest BCUT2D eigenvalue weighted by Crippen LogP contribution is -2.28. The highest BCUT2D eigenvalue weighted by molar-refractivity contribution is 7.99. The minimum absolute atomic E-state index is 0.118. The van der Waals surface area contributed by atoms with Crippen LogP contribution in [0.4, 0.5) is 5.69 Å². The molecule has 1 aliphatic carbocycles. The largest absolute Gasteiger partial charge is 0.325 e. The molecular weight excluding hydrogens is 485 g/mol. The molecule has 2 N–H and O–H groups in total. The maximum Gasteiger partial charge on any atom is 0.260 e. The number of thioether (sulfide) groups is 1. The van der Waals surface area contributed by atoms with Crippen LogP contribution in [0.25, 0.3) is 10.2 Å². The number of nitrogens with one attached hydrogen (secondary N) is 2. The number of benzene rings is 1. The number of rotatable bonds is 6. The Morgan fingerprint density at radius 3 is 2.84 bits per heavy atom. The van der Waals surface area contributed by atoms with Crippen LogP contribution >= 0.6 is 46.3 Å². The quantitative estimate of drug-likeness (QED) is 0.291. The molecule has 0 fully saturated rings. The summed E-state index contributed by atoms with van der Waals surface area (Å²) < 4.78 is 0. The van der Waals surface area contributed by atoms with Crippen molar-refractivity contribution >= 4 is 68.1 Å². The van der Waals surface area contributed by atoms with Crippen molar-refractivity contribution in [2.45, 2.75) is 51.6 Å². The lowest BCUT2D eigenvalue weighted by Gasteiger charge is -2.36. The molecule has 1 amide bonds. The fourth-order valence-electron chi connectivity index (χ4n) is 4.09. The van der Waals surface area contributed by atoms with Gasteiger partial charge >= 0.3 is 0 Å². The Labute approximate surface area is 205 Å². The third kappa shape index (κ3) is 4.86. The van der Waals surface area contributed by atoms with Gasteiger partial charge < -0.3 is 10.3 Å². The van der Waals surface area contributed by atoms with Gasteiger partial charge in [0, 0.05) is 10.6 Å². The predicted molar refractivity (Wildman–Crippen MR) is 136 cm³/mol. The number of halogens is 2. The number of amides is 1. The molecule has 1 aliphatic rings. The van der Waals surface area contributed by atoms with Gasteiger partial charge in [0.2, 0.25) is 5.91 Å². The number of fused-ring (bicyclic) bond motifs is 3. The van der Waals surface area contributed by atoms with Crippen LogP contribution in [0.1, 0.15) is 44.1 Å². The molecule has 3 aromatic rings. The highest BCUT2D eigenvalue weighted by Gasteiger charge is 2.33. The normalized spacial score (nSPS) is 16.2. The van der Waals surface area contributed by atoms with E-state index in [1.54, 1.807) is 29.5 Å². The molecule has 170 valence electrons. The van der Waals surface area contributed by atoms with Crippen molar-refractivity contribution < 1.29 is 4.79 Å². The average Bonchev–Trinajstić information content (AvgIpc) is 3.13. The van der Waals surface area contributed by atoms with Gasteiger partial charge in [0.15, 0.2) is 5.16 Å². The van der Waals surface area contributed by atoms with Crippen LogP contribution in [-0.2, 0) is 17.6 Å². The monoisotopic (exact) mass is 509 g/mol. The van der Waals surface area contributed by atoms with Crippen LogP contribution in [0, 0.1) is 11.3 Å². The fraction of sp³-hybridized carbons (Fsp3) is 0.435. The molecule has 0 spiro atoms. The van der Waals surface area contributed by atoms with Gasteiger partial charge in [-0.25, -0.2) is 4.98 Å². The molecule has 0 saturated carbocycles. The Bertz CT molecular complexity index is 1240. The van der Waals surface area contributed by atoms with Gasteiger partial charge in [0.25, 0.3) is 5.56 Å². The summed E-state index contributed by atoms with van der Waals surface area (Å²) in [4.78, 5) is 34.7. The van der Waals surface area contributed by atoms with Crippen molar-refractivity contribution in [3.8, 4) is 0 Å². The van der Waals surface area contributed by atoms with Crippen LogP contribution in [-0.4, -0.2) is 21.6 Å². The van der Waals surface area contributed by atoms with E-state index in [4.69, 9.17) is 23.2 Å². The molecule has 9 heteroatoms. The van der Waals surface area contributed by atoms with Crippen LogP contribution in [0.3, 0.4) is 0 Å². The lowest BCUT2D eigenvalue weighted by atomic mass is 9.70. The third-order valence-corrected chi connectivity index (χ3v) is 9.22. The SMILES string of the molecule is CCC(C)(C)[C@@H]1CCc2c(sc3nc(SCC(=O)Nc4ccc(Cl)c(Cl)c4)[nH]c(=O)c23)C1. The highest BCUT2D eigenvalue weighted by atomic mass is 35.5. The van der Waals surface area contributed by atoms with E-state index in [1.165, 1.54) is 16.6 Å². The summed E-state index contributed by atoms with van der Waals surface area (Å²) >= 11 is 14.7. The fourth-order valence-corrected chi connectivity index (χ4v) is 6.41. The molecule has 1 atom stereocenters. The zero-order chi connectivity index (χ0) is 23.0. The second kappa shape index (κ2) is 9.37. The first-order chi connectivity index (χ1) is 15.2. The standard InChI is InChI=1S/C23H25Cl2N3O2S2/c1-4-23(2,3)12-5-7-14-17(9-12)32-21-19(14)20(30)27-22(28-21)31-11-18(29)26-13-6-8-15(24)16(25)10-13/h6,8,10,12H,4-5,7,9,11H2,1-3H3,(H,26,29)(H,27,28,30)/t12-/m1/s1. The van der Waals surface area contributed by atoms with Gasteiger partial charge in [0.05, 0.1) is 21.2 Å². The van der Waals surface area contributed by atoms with Gasteiger partial charge in [0.1, 0.15) is 4.83 Å². The molecule has 5 nitrogen and oxygen atoms in total. The number of nitrogens with zero attached hydrogens (tertiary/aromatic N) is 1. The lowest BCUT2D eigenvalue weighted by molar-refractivity contribution is -0.113. The van der Waals surface area contributed by atoms with E-state index in [1.807, 2.05) is 0 Å². The molecule has 2 aromatic heterocycles. The Kier molecular flexibility index (Phi) is 6.92. The Morgan fingerprint density at radius 2 is 2.12 bits per heavy atom. The van der Waals surface area contributed by atoms with Gasteiger partial charge in [-0.3, -0.25) is 9.59 Å². The van der Waals surface area contributed by atoms with Gasteiger partial charge in [-0.15, -0.1) is 11.3 Å². The number of aromatic amines is 1. The topological polar surface area (TPSA) is 74.8 Å². The number of H-pyrrole nitrogens is 1. The number of hydrogen-bond acceptors (Lipinski definition) is 5. The molecule has 4 rings (SSSR count). The second-order valence-electron chi connectivity index (χ2n) is 8.80. The third-order valence-electron chi connectivity index (χ3n) is 6.46. The summed E-state index contributed by atoms with van der Waals surface area (Å²) in [5.74, 6) is 0.518. The zero-order valence-electron chi connectivity index (χ0n) is 18.2. The highest BCUT2D eigenvalue weighted by Crippen LogP contribution is 2.43. The molecule has 0 saturated heterocycles. The summed E-state index contributed by atoms with van der Waals surface area (Å²) in [6.07, 6.45) is 4.17. The van der Waals surface area contributed by atoms with E-state index in [0.29, 0.717) is 26.8 Å². The van der Waals surface area contributed by atoms with Crippen molar-refractivity contribution in [2.24, 2.45) is 11.3 Å². The smallest absolute Gasteiger partial charge is 0.260 e. The number of aromatic nitrogens is 2. The van der Waals surface area contributed by atoms with E-state index >= 15 is 0 Å². The van der Waals surface area contributed by atoms with Crippen LogP contribution < -0.4 is 10.9 Å². The first-order valence-corrected chi connectivity index (χ1v) is 13.2.